The van der Waals surface area contributed by atoms with Crippen LogP contribution in [0.25, 0.3) is 0 Å². The summed E-state index contributed by atoms with van der Waals surface area (Å²) < 4.78 is 0. The monoisotopic (exact) mass is 174 g/mol. The highest BCUT2D eigenvalue weighted by Gasteiger charge is 1.96. The Morgan fingerprint density at radius 1 is 1.62 bits per heavy atom. The van der Waals surface area contributed by atoms with Crippen molar-refractivity contribution in [2.75, 3.05) is 6.61 Å². The molecule has 0 saturated carbocycles. The van der Waals surface area contributed by atoms with Crippen molar-refractivity contribution < 1.29 is 5.11 Å². The number of rotatable bonds is 1. The Balaban J connectivity index is 2.98. The largest absolute Gasteiger partial charge is 0.384 e. The van der Waals surface area contributed by atoms with Crippen LogP contribution in [0.4, 0.5) is 0 Å². The molecular weight excluding hydrogens is 164 g/mol. The smallest absolute Gasteiger partial charge is 0.114 e. The number of pyridine rings is 1. The molecule has 1 rings (SSSR count). The van der Waals surface area contributed by atoms with E-state index in [0.29, 0.717) is 17.1 Å². The van der Waals surface area contributed by atoms with E-state index in [2.05, 4.69) is 16.8 Å². The summed E-state index contributed by atoms with van der Waals surface area (Å²) in [7, 11) is 0. The van der Waals surface area contributed by atoms with Crippen LogP contribution in [-0.4, -0.2) is 22.4 Å². The summed E-state index contributed by atoms with van der Waals surface area (Å²) in [4.78, 5) is 4.10. The van der Waals surface area contributed by atoms with Crippen LogP contribution in [0.5, 0.6) is 0 Å². The van der Waals surface area contributed by atoms with Gasteiger partial charge in [0.15, 0.2) is 0 Å². The normalized spacial score (nSPS) is 8.77. The zero-order chi connectivity index (χ0) is 9.68. The lowest BCUT2D eigenvalue weighted by molar-refractivity contribution is 0.350. The lowest BCUT2D eigenvalue weighted by Gasteiger charge is -1.96. The minimum absolute atomic E-state index is 0.171. The summed E-state index contributed by atoms with van der Waals surface area (Å²) in [6.45, 7) is 1.50. The van der Waals surface area contributed by atoms with Gasteiger partial charge in [-0.25, -0.2) is 4.98 Å². The van der Waals surface area contributed by atoms with Gasteiger partial charge in [0.1, 0.15) is 12.3 Å². The molecule has 3 nitrogen and oxygen atoms in total. The molecule has 3 heteroatoms. The topological polar surface area (TPSA) is 57.0 Å². The zero-order valence-electron chi connectivity index (χ0n) is 7.33. The maximum absolute atomic E-state index is 8.46. The molecule has 0 atom stereocenters. The molecule has 0 aliphatic rings. The summed E-state index contributed by atoms with van der Waals surface area (Å²) >= 11 is 0. The van der Waals surface area contributed by atoms with Crippen molar-refractivity contribution in [1.82, 2.24) is 4.98 Å². The van der Waals surface area contributed by atoms with E-state index < -0.39 is 0 Å². The van der Waals surface area contributed by atoms with Gasteiger partial charge in [0, 0.05) is 0 Å². The number of nitrogens with one attached hydrogen (secondary N) is 1. The fourth-order valence-electron chi connectivity index (χ4n) is 0.843. The van der Waals surface area contributed by atoms with Gasteiger partial charge in [-0.1, -0.05) is 12.0 Å². The van der Waals surface area contributed by atoms with Crippen LogP contribution in [0.1, 0.15) is 18.3 Å². The summed E-state index contributed by atoms with van der Waals surface area (Å²) in [5.74, 6) is 5.19. The molecule has 0 bridgehead atoms. The number of hydrogen-bond acceptors (Lipinski definition) is 3. The van der Waals surface area contributed by atoms with Crippen LogP contribution in [0.2, 0.25) is 0 Å². The Bertz CT molecular complexity index is 374. The summed E-state index contributed by atoms with van der Waals surface area (Å²) in [6.07, 6.45) is 0. The molecule has 0 fully saturated rings. The van der Waals surface area contributed by atoms with Gasteiger partial charge < -0.3 is 10.5 Å². The molecule has 0 aliphatic carbocycles. The van der Waals surface area contributed by atoms with E-state index in [9.17, 15) is 0 Å². The number of hydrogen-bond donors (Lipinski definition) is 2. The fourth-order valence-corrected chi connectivity index (χ4v) is 0.843. The summed E-state index contributed by atoms with van der Waals surface area (Å²) in [5.41, 5.74) is 1.61. The maximum atomic E-state index is 8.46. The molecule has 66 valence electrons. The fraction of sp³-hybridized carbons (Fsp3) is 0.200. The van der Waals surface area contributed by atoms with Crippen LogP contribution in [0, 0.1) is 17.3 Å². The first-order valence-corrected chi connectivity index (χ1v) is 3.86. The van der Waals surface area contributed by atoms with Crippen molar-refractivity contribution in [2.24, 2.45) is 0 Å². The van der Waals surface area contributed by atoms with Crippen LogP contribution in [-0.2, 0) is 0 Å². The van der Waals surface area contributed by atoms with Gasteiger partial charge in [0.2, 0.25) is 0 Å². The third kappa shape index (κ3) is 2.69. The van der Waals surface area contributed by atoms with Crippen LogP contribution in [0.15, 0.2) is 18.2 Å². The molecule has 0 radical (unpaired) electrons. The third-order valence-electron chi connectivity index (χ3n) is 1.43. The quantitative estimate of drug-likeness (QED) is 0.489. The Hall–Kier alpha value is -1.66. The lowest BCUT2D eigenvalue weighted by Crippen LogP contribution is -1.97. The first-order chi connectivity index (χ1) is 6.24. The van der Waals surface area contributed by atoms with Crippen LogP contribution >= 0.6 is 0 Å². The van der Waals surface area contributed by atoms with E-state index >= 15 is 0 Å². The number of aliphatic hydroxyl groups is 1. The molecule has 13 heavy (non-hydrogen) atoms. The van der Waals surface area contributed by atoms with Gasteiger partial charge in [0.25, 0.3) is 0 Å². The van der Waals surface area contributed by atoms with E-state index in [-0.39, 0.29) is 6.61 Å². The molecule has 0 saturated heterocycles. The molecule has 1 aromatic rings. The average molecular weight is 174 g/mol. The molecule has 0 aliphatic heterocycles. The van der Waals surface area contributed by atoms with Crippen molar-refractivity contribution >= 4 is 5.71 Å². The van der Waals surface area contributed by atoms with Gasteiger partial charge in [-0.3, -0.25) is 0 Å². The highest BCUT2D eigenvalue weighted by Crippen LogP contribution is 1.98. The highest BCUT2D eigenvalue weighted by atomic mass is 16.2. The van der Waals surface area contributed by atoms with E-state index in [1.165, 1.54) is 0 Å². The van der Waals surface area contributed by atoms with Gasteiger partial charge >= 0.3 is 0 Å². The van der Waals surface area contributed by atoms with Crippen molar-refractivity contribution in [1.29, 1.82) is 5.41 Å². The summed E-state index contributed by atoms with van der Waals surface area (Å²) in [6, 6.07) is 5.29. The maximum Gasteiger partial charge on any atom is 0.114 e. The molecular formula is C10H10N2O. The zero-order valence-corrected chi connectivity index (χ0v) is 7.33. The first kappa shape index (κ1) is 9.43. The molecule has 0 aromatic carbocycles. The molecule has 0 unspecified atom stereocenters. The third-order valence-corrected chi connectivity index (χ3v) is 1.43. The second-order valence-corrected chi connectivity index (χ2v) is 2.49. The second kappa shape index (κ2) is 4.39. The van der Waals surface area contributed by atoms with Crippen LogP contribution < -0.4 is 0 Å². The molecule has 0 spiro atoms. The van der Waals surface area contributed by atoms with E-state index in [1.54, 1.807) is 25.1 Å². The predicted octanol–water partition coefficient (Wildman–Crippen LogP) is 0.813. The average Bonchev–Trinajstić information content (AvgIpc) is 2.15. The van der Waals surface area contributed by atoms with Crippen molar-refractivity contribution in [3.63, 3.8) is 0 Å². The van der Waals surface area contributed by atoms with E-state index in [1.807, 2.05) is 0 Å². The number of nitrogens with zero attached hydrogens (tertiary/aromatic N) is 1. The van der Waals surface area contributed by atoms with Gasteiger partial charge in [-0.2, -0.15) is 0 Å². The SMILES string of the molecule is CC(=N)c1cccc(C#CCO)n1. The standard InChI is InChI=1S/C10H10N2O/c1-8(11)10-6-2-4-9(12-10)5-3-7-13/h2,4,6,11,13H,7H2,1H3. The molecule has 0 amide bonds. The van der Waals surface area contributed by atoms with Crippen molar-refractivity contribution in [2.45, 2.75) is 6.92 Å². The van der Waals surface area contributed by atoms with Crippen LogP contribution in [0.3, 0.4) is 0 Å². The Kier molecular flexibility index (Phi) is 3.18. The summed E-state index contributed by atoms with van der Waals surface area (Å²) in [5, 5.41) is 15.8. The Morgan fingerprint density at radius 2 is 2.38 bits per heavy atom. The van der Waals surface area contributed by atoms with E-state index in [4.69, 9.17) is 10.5 Å². The molecule has 1 aromatic heterocycles. The minimum atomic E-state index is -0.171. The van der Waals surface area contributed by atoms with Gasteiger partial charge in [-0.05, 0) is 25.0 Å². The molecule has 2 N–H and O–H groups in total. The number of aromatic nitrogens is 1. The van der Waals surface area contributed by atoms with Gasteiger partial charge in [-0.15, -0.1) is 0 Å². The Labute approximate surface area is 77.0 Å². The predicted molar refractivity (Wildman–Crippen MR) is 50.7 cm³/mol. The first-order valence-electron chi connectivity index (χ1n) is 3.86. The molecule has 1 heterocycles. The number of aliphatic hydroxyl groups excluding tert-OH is 1. The Morgan fingerprint density at radius 3 is 3.00 bits per heavy atom. The second-order valence-electron chi connectivity index (χ2n) is 2.49. The van der Waals surface area contributed by atoms with E-state index in [0.717, 1.165) is 0 Å². The van der Waals surface area contributed by atoms with Gasteiger partial charge in [0.05, 0.1) is 11.4 Å². The lowest BCUT2D eigenvalue weighted by atomic mass is 10.2. The minimum Gasteiger partial charge on any atom is -0.384 e. The highest BCUT2D eigenvalue weighted by molar-refractivity contribution is 5.94. The van der Waals surface area contributed by atoms with Crippen molar-refractivity contribution in [3.05, 3.63) is 29.6 Å². The van der Waals surface area contributed by atoms with Crippen molar-refractivity contribution in [3.8, 4) is 11.8 Å².